The highest BCUT2D eigenvalue weighted by Gasteiger charge is 2.71. The second-order valence-corrected chi connectivity index (χ2v) is 26.5. The molecule has 0 saturated heterocycles. The van der Waals surface area contributed by atoms with Crippen LogP contribution in [-0.2, 0) is 5.66 Å². The summed E-state index contributed by atoms with van der Waals surface area (Å²) in [6, 6.07) is 37.2. The fourth-order valence-corrected chi connectivity index (χ4v) is 11.9. The molecule has 4 aromatic carbocycles. The Morgan fingerprint density at radius 2 is 1.17 bits per heavy atom. The van der Waals surface area contributed by atoms with Crippen LogP contribution in [0.2, 0.25) is 39.3 Å². The maximum Gasteiger partial charge on any atom is 0.378 e. The van der Waals surface area contributed by atoms with E-state index in [1.807, 2.05) is 0 Å². The van der Waals surface area contributed by atoms with E-state index in [2.05, 4.69) is 155 Å². The van der Waals surface area contributed by atoms with Crippen molar-refractivity contribution in [1.82, 2.24) is 9.13 Å². The van der Waals surface area contributed by atoms with E-state index in [0.29, 0.717) is 0 Å². The molecule has 0 bridgehead atoms. The SMILES string of the molecule is C[Si](C)(C)c1cc2[n+]3c(c1)-c1cc([Si](C)(C)C)cc4[n+]1C31c3c(cccc3-n3c5ccccc5c5cc6c7ccccc7n-4c6c1c53)O2. The number of rotatable bonds is 2. The zero-order chi connectivity index (χ0) is 32.2. The molecule has 0 fully saturated rings. The van der Waals surface area contributed by atoms with Crippen LogP contribution < -0.4 is 24.2 Å². The van der Waals surface area contributed by atoms with Gasteiger partial charge < -0.3 is 9.30 Å². The van der Waals surface area contributed by atoms with Crippen LogP contribution >= 0.6 is 0 Å². The van der Waals surface area contributed by atoms with E-state index >= 15 is 0 Å². The van der Waals surface area contributed by atoms with Crippen LogP contribution in [0.1, 0.15) is 11.1 Å². The summed E-state index contributed by atoms with van der Waals surface area (Å²) in [7, 11) is -3.45. The highest BCUT2D eigenvalue weighted by atomic mass is 28.3. The fourth-order valence-electron chi connectivity index (χ4n) is 9.62. The van der Waals surface area contributed by atoms with Gasteiger partial charge in [0.25, 0.3) is 11.5 Å². The number of hydrogen-bond acceptors (Lipinski definition) is 1. The first-order valence-corrected chi connectivity index (χ1v) is 24.1. The summed E-state index contributed by atoms with van der Waals surface area (Å²) in [5, 5.41) is 8.12. The van der Waals surface area contributed by atoms with Gasteiger partial charge in [0.05, 0.1) is 38.9 Å². The number of pyridine rings is 2. The maximum absolute atomic E-state index is 7.12. The normalized spacial score (nSPS) is 17.6. The third-order valence-corrected chi connectivity index (χ3v) is 15.7. The first kappa shape index (κ1) is 26.0. The number of benzene rings is 4. The van der Waals surface area contributed by atoms with E-state index in [9.17, 15) is 0 Å². The largest absolute Gasteiger partial charge is 0.404 e. The van der Waals surface area contributed by atoms with Crippen LogP contribution in [0.3, 0.4) is 0 Å². The highest BCUT2D eigenvalue weighted by Crippen LogP contribution is 2.57. The molecule has 4 aromatic heterocycles. The van der Waals surface area contributed by atoms with Gasteiger partial charge in [-0.2, -0.15) is 4.57 Å². The van der Waals surface area contributed by atoms with Crippen molar-refractivity contribution in [3.05, 3.63) is 108 Å². The zero-order valence-electron chi connectivity index (χ0n) is 27.9. The number of aromatic nitrogens is 4. The topological polar surface area (TPSA) is 26.8 Å². The van der Waals surface area contributed by atoms with Gasteiger partial charge in [-0.1, -0.05) is 75.7 Å². The van der Waals surface area contributed by atoms with Gasteiger partial charge in [0, 0.05) is 33.7 Å². The molecule has 48 heavy (non-hydrogen) atoms. The molecule has 8 heterocycles. The van der Waals surface area contributed by atoms with Crippen LogP contribution in [0.25, 0.3) is 66.5 Å². The van der Waals surface area contributed by atoms with Gasteiger partial charge in [-0.3, -0.25) is 0 Å². The molecule has 0 saturated carbocycles. The predicted molar refractivity (Wildman–Crippen MR) is 199 cm³/mol. The summed E-state index contributed by atoms with van der Waals surface area (Å²) in [6.07, 6.45) is 0. The van der Waals surface area contributed by atoms with Crippen molar-refractivity contribution in [3.8, 4) is 34.5 Å². The summed E-state index contributed by atoms with van der Waals surface area (Å²) in [6.45, 7) is 14.8. The van der Waals surface area contributed by atoms with Crippen molar-refractivity contribution in [2.45, 2.75) is 44.9 Å². The van der Waals surface area contributed by atoms with Crippen LogP contribution in [0.4, 0.5) is 0 Å². The van der Waals surface area contributed by atoms with E-state index in [4.69, 9.17) is 4.74 Å². The number of nitrogens with zero attached hydrogens (tertiary/aromatic N) is 4. The molecule has 4 aliphatic heterocycles. The number of hydrogen-bond donors (Lipinski definition) is 0. The first-order chi connectivity index (χ1) is 23.1. The third-order valence-electron chi connectivity index (χ3n) is 11.7. The summed E-state index contributed by atoms with van der Waals surface area (Å²) >= 11 is 0. The van der Waals surface area contributed by atoms with Gasteiger partial charge in [0.2, 0.25) is 5.69 Å². The minimum Gasteiger partial charge on any atom is -0.404 e. The Hall–Kier alpha value is -4.99. The van der Waals surface area contributed by atoms with E-state index in [1.165, 1.54) is 88.0 Å². The standard InChI is InChI=1S/C41H34N4OSi2/c1-47(2,3)23-18-32-33-19-24(48(4,5)6)21-36-45(33)41-37-31(16-11-17-34(37)46-36)42-29-14-9-7-12-25(29)27-22-28-26-13-8-10-15-30(26)43(35(20-23)44(32)41)40(28)38(41)39(27)42/h7-22H,1-6H3/q+2. The van der Waals surface area contributed by atoms with Crippen molar-refractivity contribution >= 4 is 70.1 Å². The monoisotopic (exact) mass is 654 g/mol. The summed E-state index contributed by atoms with van der Waals surface area (Å²) in [5.74, 6) is 3.14. The average molecular weight is 655 g/mol. The lowest BCUT2D eigenvalue weighted by atomic mass is 9.81. The van der Waals surface area contributed by atoms with Gasteiger partial charge in [-0.15, -0.1) is 9.13 Å². The Labute approximate surface area is 279 Å². The quantitative estimate of drug-likeness (QED) is 0.140. The van der Waals surface area contributed by atoms with Crippen molar-refractivity contribution in [2.24, 2.45) is 0 Å². The second kappa shape index (κ2) is 7.67. The second-order valence-electron chi connectivity index (χ2n) is 16.3. The molecule has 4 aliphatic rings. The lowest BCUT2D eigenvalue weighted by Gasteiger charge is -2.37. The zero-order valence-corrected chi connectivity index (χ0v) is 29.9. The highest BCUT2D eigenvalue weighted by molar-refractivity contribution is 6.89. The summed E-state index contributed by atoms with van der Waals surface area (Å²) in [4.78, 5) is 0. The average Bonchev–Trinajstić information content (AvgIpc) is 3.68. The predicted octanol–water partition coefficient (Wildman–Crippen LogP) is 7.56. The van der Waals surface area contributed by atoms with Crippen molar-refractivity contribution in [1.29, 1.82) is 0 Å². The van der Waals surface area contributed by atoms with Crippen LogP contribution in [0.5, 0.6) is 11.6 Å². The van der Waals surface area contributed by atoms with Crippen LogP contribution in [-0.4, -0.2) is 25.3 Å². The summed E-state index contributed by atoms with van der Waals surface area (Å²) in [5.41, 5.74) is 10.8. The van der Waals surface area contributed by atoms with Gasteiger partial charge in [0.15, 0.2) is 11.3 Å². The van der Waals surface area contributed by atoms with Crippen molar-refractivity contribution in [2.75, 3.05) is 0 Å². The van der Waals surface area contributed by atoms with Crippen molar-refractivity contribution < 1.29 is 13.9 Å². The third kappa shape index (κ3) is 2.60. The molecular formula is C41H34N4OSi2+2. The Balaban J connectivity index is 1.46. The molecule has 7 heteroatoms. The summed E-state index contributed by atoms with van der Waals surface area (Å²) < 4.78 is 17.6. The molecule has 1 atom stereocenters. The molecule has 8 aromatic rings. The minimum atomic E-state index is -1.74. The van der Waals surface area contributed by atoms with Gasteiger partial charge in [0.1, 0.15) is 16.6 Å². The molecule has 1 unspecified atom stereocenters. The molecule has 12 rings (SSSR count). The molecule has 0 radical (unpaired) electrons. The van der Waals surface area contributed by atoms with Crippen molar-refractivity contribution in [3.63, 3.8) is 0 Å². The van der Waals surface area contributed by atoms with Gasteiger partial charge in [-0.25, -0.2) is 0 Å². The Morgan fingerprint density at radius 1 is 0.562 bits per heavy atom. The Morgan fingerprint density at radius 3 is 1.85 bits per heavy atom. The molecule has 0 amide bonds. The molecule has 5 nitrogen and oxygen atoms in total. The molecule has 0 N–H and O–H groups in total. The lowest BCUT2D eigenvalue weighted by molar-refractivity contribution is -0.938. The molecular weight excluding hydrogens is 621 g/mol. The Bertz CT molecular complexity index is 2900. The number of para-hydroxylation sites is 2. The van der Waals surface area contributed by atoms with E-state index in [1.54, 1.807) is 0 Å². The maximum atomic E-state index is 7.12. The van der Waals surface area contributed by atoms with E-state index < -0.39 is 21.8 Å². The van der Waals surface area contributed by atoms with Crippen LogP contribution in [0, 0.1) is 0 Å². The molecule has 0 aliphatic carbocycles. The minimum absolute atomic E-state index is 0.637. The first-order valence-electron chi connectivity index (χ1n) is 17.1. The number of fused-ring (bicyclic) bond motifs is 9. The van der Waals surface area contributed by atoms with Gasteiger partial charge in [-0.05, 0) is 52.8 Å². The van der Waals surface area contributed by atoms with Gasteiger partial charge >= 0.3 is 11.5 Å². The Kier molecular flexibility index (Phi) is 4.16. The lowest BCUT2D eigenvalue weighted by Crippen LogP contribution is -2.75. The molecule has 230 valence electrons. The smallest absolute Gasteiger partial charge is 0.378 e. The van der Waals surface area contributed by atoms with E-state index in [0.717, 1.165) is 11.6 Å². The van der Waals surface area contributed by atoms with E-state index in [-0.39, 0.29) is 0 Å². The fraction of sp³-hybridized carbons (Fsp3) is 0.171. The number of ether oxygens (including phenoxy) is 1. The van der Waals surface area contributed by atoms with Crippen LogP contribution in [0.15, 0.2) is 97.1 Å². The molecule has 1 spiro atoms.